The number of nitrogens with two attached hydrogens (primary N) is 1. The quantitative estimate of drug-likeness (QED) is 0.280. The van der Waals surface area contributed by atoms with E-state index in [1.165, 1.54) is 40.0 Å². The molecule has 0 radical (unpaired) electrons. The van der Waals surface area contributed by atoms with Gasteiger partial charge in [-0.1, -0.05) is 37.3 Å². The number of carbonyl (C=O) groups excluding carboxylic acids is 3. The van der Waals surface area contributed by atoms with Crippen LogP contribution >= 0.6 is 0 Å². The molecule has 3 fully saturated rings. The van der Waals surface area contributed by atoms with Crippen molar-refractivity contribution >= 4 is 27.7 Å². The number of halogens is 2. The van der Waals surface area contributed by atoms with Crippen LogP contribution in [0.15, 0.2) is 35.4 Å². The van der Waals surface area contributed by atoms with E-state index in [-0.39, 0.29) is 29.3 Å². The van der Waals surface area contributed by atoms with E-state index in [0.29, 0.717) is 12.1 Å². The van der Waals surface area contributed by atoms with Gasteiger partial charge in [0.1, 0.15) is 17.7 Å². The minimum atomic E-state index is -4.08. The van der Waals surface area contributed by atoms with Crippen molar-refractivity contribution in [1.29, 1.82) is 0 Å². The second-order valence-electron chi connectivity index (χ2n) is 13.3. The van der Waals surface area contributed by atoms with Crippen molar-refractivity contribution in [3.8, 4) is 0 Å². The van der Waals surface area contributed by atoms with E-state index in [2.05, 4.69) is 20.4 Å². The number of hydrogen-bond acceptors (Lipinski definition) is 8. The van der Waals surface area contributed by atoms with Gasteiger partial charge in [-0.15, -0.1) is 5.10 Å². The molecule has 0 spiro atoms. The van der Waals surface area contributed by atoms with Gasteiger partial charge >= 0.3 is 0 Å². The molecule has 3 amide bonds. The molecule has 16 heteroatoms. The number of likely N-dealkylation sites (tertiary alicyclic amines) is 1. The molecule has 2 saturated carbocycles. The Balaban J connectivity index is 1.33. The van der Waals surface area contributed by atoms with Gasteiger partial charge in [-0.05, 0) is 50.5 Å². The minimum absolute atomic E-state index is 0.0579. The van der Waals surface area contributed by atoms with E-state index in [9.17, 15) is 36.7 Å². The van der Waals surface area contributed by atoms with Crippen LogP contribution in [0.5, 0.6) is 0 Å². The average molecular weight is 666 g/mol. The summed E-state index contributed by atoms with van der Waals surface area (Å²) in [5.74, 6) is -4.51. The Labute approximate surface area is 266 Å². The maximum atomic E-state index is 14.1. The van der Waals surface area contributed by atoms with Crippen molar-refractivity contribution in [3.63, 3.8) is 0 Å². The molecule has 252 valence electrons. The van der Waals surface area contributed by atoms with E-state index >= 15 is 0 Å². The molecule has 1 aromatic carbocycles. The van der Waals surface area contributed by atoms with Crippen molar-refractivity contribution < 1.29 is 36.7 Å². The summed E-state index contributed by atoms with van der Waals surface area (Å²) in [7, 11) is -4.08. The van der Waals surface area contributed by atoms with Crippen LogP contribution in [0.3, 0.4) is 0 Å². The number of carbonyl (C=O) groups is 3. The third-order valence-corrected chi connectivity index (χ3v) is 10.7. The zero-order valence-corrected chi connectivity index (χ0v) is 26.7. The average Bonchev–Trinajstić information content (AvgIpc) is 3.64. The minimum Gasteiger partial charge on any atom is -0.384 e. The number of primary amides is 1. The topological polar surface area (TPSA) is 190 Å². The fraction of sp³-hybridized carbons (Fsp3) is 0.633. The number of alkyl halides is 2. The Morgan fingerprint density at radius 1 is 1.13 bits per heavy atom. The molecule has 2 aliphatic carbocycles. The highest BCUT2D eigenvalue weighted by molar-refractivity contribution is 7.89. The second-order valence-corrected chi connectivity index (χ2v) is 15.0. The summed E-state index contributed by atoms with van der Waals surface area (Å²) in [6.45, 7) is 3.22. The number of benzene rings is 1. The second kappa shape index (κ2) is 13.0. The van der Waals surface area contributed by atoms with Gasteiger partial charge in [-0.25, -0.2) is 26.6 Å². The van der Waals surface area contributed by atoms with Crippen LogP contribution in [0, 0.1) is 5.92 Å². The van der Waals surface area contributed by atoms with Gasteiger partial charge in [0, 0.05) is 37.4 Å². The van der Waals surface area contributed by atoms with E-state index in [1.807, 2.05) is 0 Å². The summed E-state index contributed by atoms with van der Waals surface area (Å²) >= 11 is 0. The largest absolute Gasteiger partial charge is 0.384 e. The van der Waals surface area contributed by atoms with Crippen LogP contribution in [-0.4, -0.2) is 81.7 Å². The van der Waals surface area contributed by atoms with E-state index in [4.69, 9.17) is 5.73 Å². The molecule has 3 aliphatic rings. The predicted octanol–water partition coefficient (Wildman–Crippen LogP) is 1.98. The first kappa shape index (κ1) is 33.9. The molecule has 5 rings (SSSR count). The van der Waals surface area contributed by atoms with Crippen molar-refractivity contribution in [3.05, 3.63) is 41.7 Å². The Bertz CT molecular complexity index is 1550. The molecule has 2 heterocycles. The highest BCUT2D eigenvalue weighted by Gasteiger charge is 2.47. The zero-order valence-electron chi connectivity index (χ0n) is 25.9. The molecule has 3 atom stereocenters. The van der Waals surface area contributed by atoms with Gasteiger partial charge < -0.3 is 21.1 Å². The molecule has 46 heavy (non-hydrogen) atoms. The number of rotatable bonds is 11. The smallest absolute Gasteiger partial charge is 0.251 e. The van der Waals surface area contributed by atoms with Crippen molar-refractivity contribution in [2.45, 2.75) is 112 Å². The lowest BCUT2D eigenvalue weighted by Crippen LogP contribution is -2.53. The number of aliphatic hydroxyl groups is 1. The lowest BCUT2D eigenvalue weighted by molar-refractivity contribution is -0.139. The van der Waals surface area contributed by atoms with Crippen LogP contribution in [0.2, 0.25) is 0 Å². The number of hydrogen-bond donors (Lipinski definition) is 4. The zero-order chi connectivity index (χ0) is 33.4. The molecule has 5 N–H and O–H groups in total. The highest BCUT2D eigenvalue weighted by atomic mass is 32.2. The SMILES string of the molecule is CC(C)(O)c1cnnn1[C@H]1C[C@@H](C(N)=O)N(C(=O)[C@@H](CC2CCCCC2)NC(=O)c2ccc(S(=O)(=O)NC3CC(F)(F)C3)cc2)C1. The number of sulfonamides is 1. The van der Waals surface area contributed by atoms with Gasteiger partial charge in [0.05, 0.1) is 22.8 Å². The number of amides is 3. The summed E-state index contributed by atoms with van der Waals surface area (Å²) in [6.07, 6.45) is 5.66. The fourth-order valence-corrected chi connectivity index (χ4v) is 7.93. The number of nitrogens with zero attached hydrogens (tertiary/aromatic N) is 4. The molecule has 2 aromatic rings. The maximum Gasteiger partial charge on any atom is 0.251 e. The molecule has 13 nitrogen and oxygen atoms in total. The number of aromatic nitrogens is 3. The molecule has 1 aromatic heterocycles. The third-order valence-electron chi connectivity index (χ3n) is 9.17. The standard InChI is InChI=1S/C30H41F2N7O6S/c1-29(2,43)25-16-34-37-39(25)21-13-24(26(33)40)38(17-21)28(42)23(12-18-6-4-3-5-7-18)35-27(41)19-8-10-22(11-9-19)46(44,45)36-20-14-30(31,32)15-20/h8-11,16,18,20-21,23-24,36,43H,3-7,12-15,17H2,1-2H3,(H2,33,40)(H,35,41)/t21-,23+,24-/m0/s1. The van der Waals surface area contributed by atoms with Crippen LogP contribution in [0.25, 0.3) is 0 Å². The Hall–Kier alpha value is -3.50. The highest BCUT2D eigenvalue weighted by Crippen LogP contribution is 2.38. The van der Waals surface area contributed by atoms with Crippen LogP contribution in [0.1, 0.15) is 93.7 Å². The molecule has 0 bridgehead atoms. The first-order chi connectivity index (χ1) is 21.5. The molecular formula is C30H41F2N7O6S. The van der Waals surface area contributed by atoms with E-state index < -0.39 is 76.3 Å². The molecular weight excluding hydrogens is 624 g/mol. The maximum absolute atomic E-state index is 14.1. The van der Waals surface area contributed by atoms with Crippen LogP contribution < -0.4 is 15.8 Å². The van der Waals surface area contributed by atoms with Crippen molar-refractivity contribution in [2.75, 3.05) is 6.54 Å². The first-order valence-corrected chi connectivity index (χ1v) is 17.1. The molecule has 1 aliphatic heterocycles. The normalized spacial score (nSPS) is 23.1. The van der Waals surface area contributed by atoms with Gasteiger partial charge in [0.15, 0.2) is 0 Å². The van der Waals surface area contributed by atoms with Crippen molar-refractivity contribution in [1.82, 2.24) is 29.9 Å². The summed E-state index contributed by atoms with van der Waals surface area (Å²) in [4.78, 5) is 41.3. The summed E-state index contributed by atoms with van der Waals surface area (Å²) < 4.78 is 55.4. The van der Waals surface area contributed by atoms with Gasteiger partial charge in [0.2, 0.25) is 21.8 Å². The van der Waals surface area contributed by atoms with Crippen molar-refractivity contribution in [2.24, 2.45) is 11.7 Å². The Kier molecular flexibility index (Phi) is 9.53. The molecule has 1 saturated heterocycles. The molecule has 0 unspecified atom stereocenters. The predicted molar refractivity (Wildman–Crippen MR) is 161 cm³/mol. The number of nitrogens with one attached hydrogen (secondary N) is 2. The van der Waals surface area contributed by atoms with E-state index in [0.717, 1.165) is 32.1 Å². The van der Waals surface area contributed by atoms with Gasteiger partial charge in [-0.2, -0.15) is 0 Å². The third kappa shape index (κ3) is 7.55. The summed E-state index contributed by atoms with van der Waals surface area (Å²) in [5, 5.41) is 21.4. The van der Waals surface area contributed by atoms with Gasteiger partial charge in [0.25, 0.3) is 11.8 Å². The van der Waals surface area contributed by atoms with Gasteiger partial charge in [-0.3, -0.25) is 14.4 Å². The monoisotopic (exact) mass is 665 g/mol. The summed E-state index contributed by atoms with van der Waals surface area (Å²) in [6, 6.07) is 1.67. The summed E-state index contributed by atoms with van der Waals surface area (Å²) in [5.41, 5.74) is 4.97. The Morgan fingerprint density at radius 2 is 1.78 bits per heavy atom. The first-order valence-electron chi connectivity index (χ1n) is 15.6. The van der Waals surface area contributed by atoms with E-state index in [1.54, 1.807) is 13.8 Å². The van der Waals surface area contributed by atoms with Crippen LogP contribution in [-0.2, 0) is 25.2 Å². The lowest BCUT2D eigenvalue weighted by Gasteiger charge is -2.34. The fourth-order valence-electron chi connectivity index (χ4n) is 6.69. The Morgan fingerprint density at radius 3 is 2.37 bits per heavy atom. The lowest BCUT2D eigenvalue weighted by atomic mass is 9.84. The van der Waals surface area contributed by atoms with Crippen LogP contribution in [0.4, 0.5) is 8.78 Å².